The lowest BCUT2D eigenvalue weighted by molar-refractivity contribution is -0.385. The van der Waals surface area contributed by atoms with E-state index in [1.54, 1.807) is 61.5 Å². The average molecular weight is 426 g/mol. The Morgan fingerprint density at radius 2 is 1.69 bits per heavy atom. The number of aromatic nitrogens is 2. The maximum Gasteiger partial charge on any atom is 0.279 e. The Balaban J connectivity index is 2.06. The summed E-state index contributed by atoms with van der Waals surface area (Å²) in [6, 6.07) is 16.7. The maximum absolute atomic E-state index is 13.1. The van der Waals surface area contributed by atoms with Gasteiger partial charge in [0.1, 0.15) is 0 Å². The fourth-order valence-electron chi connectivity index (χ4n) is 3.15. The number of rotatable bonds is 3. The third-order valence-electron chi connectivity index (χ3n) is 4.63. The Labute approximate surface area is 175 Å². The van der Waals surface area contributed by atoms with Gasteiger partial charge in [-0.1, -0.05) is 53.5 Å². The van der Waals surface area contributed by atoms with Gasteiger partial charge in [0.2, 0.25) is 0 Å². The van der Waals surface area contributed by atoms with E-state index >= 15 is 0 Å². The van der Waals surface area contributed by atoms with Crippen molar-refractivity contribution in [3.63, 3.8) is 0 Å². The van der Waals surface area contributed by atoms with Crippen LogP contribution in [-0.4, -0.2) is 14.7 Å². The van der Waals surface area contributed by atoms with E-state index in [4.69, 9.17) is 23.2 Å². The van der Waals surface area contributed by atoms with Crippen molar-refractivity contribution >= 4 is 39.7 Å². The van der Waals surface area contributed by atoms with Crippen LogP contribution in [0.25, 0.3) is 27.7 Å². The first-order chi connectivity index (χ1) is 13.9. The molecular formula is C21H13Cl2N3O3. The molecule has 4 rings (SSSR count). The van der Waals surface area contributed by atoms with E-state index in [0.717, 1.165) is 0 Å². The molecule has 0 radical (unpaired) electrons. The zero-order valence-electron chi connectivity index (χ0n) is 15.1. The largest absolute Gasteiger partial charge is 0.279 e. The van der Waals surface area contributed by atoms with Crippen LogP contribution in [0.4, 0.5) is 5.69 Å². The van der Waals surface area contributed by atoms with Gasteiger partial charge in [0.05, 0.1) is 31.7 Å². The molecule has 0 aliphatic carbocycles. The second-order valence-corrected chi connectivity index (χ2v) is 7.28. The molecule has 6 nitrogen and oxygen atoms in total. The van der Waals surface area contributed by atoms with E-state index in [2.05, 4.69) is 5.10 Å². The Morgan fingerprint density at radius 3 is 2.38 bits per heavy atom. The third kappa shape index (κ3) is 3.37. The van der Waals surface area contributed by atoms with Crippen LogP contribution in [0.3, 0.4) is 0 Å². The van der Waals surface area contributed by atoms with E-state index in [1.165, 1.54) is 10.7 Å². The van der Waals surface area contributed by atoms with Crippen molar-refractivity contribution in [3.05, 3.63) is 96.7 Å². The second-order valence-electron chi connectivity index (χ2n) is 6.47. The Morgan fingerprint density at radius 1 is 0.966 bits per heavy atom. The summed E-state index contributed by atoms with van der Waals surface area (Å²) in [5.74, 6) is 0. The molecule has 0 N–H and O–H groups in total. The minimum Gasteiger partial charge on any atom is -0.267 e. The topological polar surface area (TPSA) is 78.0 Å². The Bertz CT molecular complexity index is 1350. The first-order valence-electron chi connectivity index (χ1n) is 8.60. The third-order valence-corrected chi connectivity index (χ3v) is 5.37. The molecular weight excluding hydrogens is 413 g/mol. The highest BCUT2D eigenvalue weighted by atomic mass is 35.5. The van der Waals surface area contributed by atoms with Crippen molar-refractivity contribution in [1.29, 1.82) is 0 Å². The molecule has 1 aromatic heterocycles. The predicted octanol–water partition coefficient (Wildman–Crippen LogP) is 5.58. The molecule has 0 saturated carbocycles. The molecule has 1 heterocycles. The second kappa shape index (κ2) is 7.31. The van der Waals surface area contributed by atoms with Crippen LogP contribution in [0.15, 0.2) is 65.5 Å². The van der Waals surface area contributed by atoms with Gasteiger partial charge in [-0.2, -0.15) is 9.78 Å². The summed E-state index contributed by atoms with van der Waals surface area (Å²) in [7, 11) is 0. The van der Waals surface area contributed by atoms with Crippen molar-refractivity contribution < 1.29 is 4.92 Å². The number of nitro benzene ring substituents is 1. The summed E-state index contributed by atoms with van der Waals surface area (Å²) in [6.07, 6.45) is 0. The number of benzene rings is 3. The van der Waals surface area contributed by atoms with E-state index in [1.807, 2.05) is 0 Å². The first-order valence-corrected chi connectivity index (χ1v) is 9.35. The zero-order valence-corrected chi connectivity index (χ0v) is 16.6. The Kier molecular flexibility index (Phi) is 4.82. The molecule has 0 fully saturated rings. The van der Waals surface area contributed by atoms with Gasteiger partial charge >= 0.3 is 0 Å². The first kappa shape index (κ1) is 19.1. The van der Waals surface area contributed by atoms with Crippen LogP contribution >= 0.6 is 23.2 Å². The van der Waals surface area contributed by atoms with E-state index in [0.29, 0.717) is 43.3 Å². The van der Waals surface area contributed by atoms with Gasteiger partial charge in [-0.15, -0.1) is 0 Å². The zero-order chi connectivity index (χ0) is 20.7. The Hall–Kier alpha value is -3.22. The van der Waals surface area contributed by atoms with Crippen molar-refractivity contribution in [2.75, 3.05) is 0 Å². The number of nitrogens with zero attached hydrogens (tertiary/aromatic N) is 3. The quantitative estimate of drug-likeness (QED) is 0.317. The number of halogens is 2. The van der Waals surface area contributed by atoms with Crippen LogP contribution in [0.2, 0.25) is 10.0 Å². The molecule has 8 heteroatoms. The number of hydrogen-bond acceptors (Lipinski definition) is 4. The lowest BCUT2D eigenvalue weighted by Crippen LogP contribution is -2.22. The van der Waals surface area contributed by atoms with E-state index in [-0.39, 0.29) is 11.2 Å². The fraction of sp³-hybridized carbons (Fsp3) is 0.0476. The minimum absolute atomic E-state index is 0.0133. The summed E-state index contributed by atoms with van der Waals surface area (Å²) in [5, 5.41) is 17.6. The molecule has 0 saturated heterocycles. The van der Waals surface area contributed by atoms with Gasteiger partial charge in [0.15, 0.2) is 0 Å². The summed E-state index contributed by atoms with van der Waals surface area (Å²) in [4.78, 5) is 24.0. The van der Waals surface area contributed by atoms with Gasteiger partial charge in [-0.3, -0.25) is 14.9 Å². The molecule has 4 aromatic rings. The van der Waals surface area contributed by atoms with E-state index < -0.39 is 4.92 Å². The van der Waals surface area contributed by atoms with Gasteiger partial charge in [0, 0.05) is 22.6 Å². The van der Waals surface area contributed by atoms with Gasteiger partial charge in [-0.05, 0) is 31.2 Å². The smallest absolute Gasteiger partial charge is 0.267 e. The normalized spacial score (nSPS) is 11.0. The highest BCUT2D eigenvalue weighted by molar-refractivity contribution is 6.42. The molecule has 0 aliphatic heterocycles. The number of aryl methyl sites for hydroxylation is 1. The van der Waals surface area contributed by atoms with Crippen molar-refractivity contribution in [2.45, 2.75) is 6.92 Å². The SMILES string of the molecule is Cc1ccc(-c2nn(-c3ccc(Cl)c(Cl)c3)c(=O)c3ccccc23)cc1[N+](=O)[O-]. The van der Waals surface area contributed by atoms with Gasteiger partial charge in [-0.25, -0.2) is 0 Å². The fourth-order valence-corrected chi connectivity index (χ4v) is 3.44. The van der Waals surface area contributed by atoms with Crippen LogP contribution in [0.5, 0.6) is 0 Å². The monoisotopic (exact) mass is 425 g/mol. The van der Waals surface area contributed by atoms with Crippen molar-refractivity contribution in [3.8, 4) is 16.9 Å². The molecule has 0 amide bonds. The molecule has 0 unspecified atom stereocenters. The van der Waals surface area contributed by atoms with Crippen LogP contribution in [0.1, 0.15) is 5.56 Å². The van der Waals surface area contributed by atoms with Gasteiger partial charge in [0.25, 0.3) is 11.2 Å². The molecule has 144 valence electrons. The number of nitro groups is 1. The average Bonchev–Trinajstić information content (AvgIpc) is 2.71. The molecule has 0 aliphatic rings. The molecule has 0 spiro atoms. The molecule has 0 atom stereocenters. The predicted molar refractivity (Wildman–Crippen MR) is 114 cm³/mol. The summed E-state index contributed by atoms with van der Waals surface area (Å²) < 4.78 is 1.23. The standard InChI is InChI=1S/C21H13Cl2N3O3/c1-12-6-7-13(10-19(12)26(28)29)20-15-4-2-3-5-16(15)21(27)25(24-20)14-8-9-17(22)18(23)11-14/h2-11H,1H3. The molecule has 0 bridgehead atoms. The molecule has 3 aromatic carbocycles. The summed E-state index contributed by atoms with van der Waals surface area (Å²) in [6.45, 7) is 1.67. The van der Waals surface area contributed by atoms with Gasteiger partial charge < -0.3 is 0 Å². The van der Waals surface area contributed by atoms with Crippen LogP contribution in [0, 0.1) is 17.0 Å². The van der Waals surface area contributed by atoms with Crippen LogP contribution < -0.4 is 5.56 Å². The van der Waals surface area contributed by atoms with Crippen molar-refractivity contribution in [1.82, 2.24) is 9.78 Å². The van der Waals surface area contributed by atoms with Crippen molar-refractivity contribution in [2.24, 2.45) is 0 Å². The summed E-state index contributed by atoms with van der Waals surface area (Å²) >= 11 is 12.1. The number of fused-ring (bicyclic) bond motifs is 1. The maximum atomic E-state index is 13.1. The lowest BCUT2D eigenvalue weighted by atomic mass is 10.0. The molecule has 29 heavy (non-hydrogen) atoms. The highest BCUT2D eigenvalue weighted by Gasteiger charge is 2.17. The number of hydrogen-bond donors (Lipinski definition) is 0. The summed E-state index contributed by atoms with van der Waals surface area (Å²) in [5.41, 5.74) is 1.63. The minimum atomic E-state index is -0.435. The lowest BCUT2D eigenvalue weighted by Gasteiger charge is -2.12. The van der Waals surface area contributed by atoms with Crippen LogP contribution in [-0.2, 0) is 0 Å². The highest BCUT2D eigenvalue weighted by Crippen LogP contribution is 2.30. The van der Waals surface area contributed by atoms with E-state index in [9.17, 15) is 14.9 Å².